The molecule has 0 aliphatic rings. The lowest BCUT2D eigenvalue weighted by molar-refractivity contribution is -0.139. The molecule has 108 valence electrons. The number of nitrogens with one attached hydrogen (secondary N) is 1. The van der Waals surface area contributed by atoms with Crippen molar-refractivity contribution in [3.63, 3.8) is 0 Å². The van der Waals surface area contributed by atoms with Gasteiger partial charge in [-0.1, -0.05) is 17.7 Å². The van der Waals surface area contributed by atoms with Gasteiger partial charge in [-0.15, -0.1) is 0 Å². The highest BCUT2D eigenvalue weighted by Crippen LogP contribution is 2.19. The fourth-order valence-electron chi connectivity index (χ4n) is 1.49. The molecule has 20 heavy (non-hydrogen) atoms. The van der Waals surface area contributed by atoms with Crippen LogP contribution in [0.4, 0.5) is 4.39 Å². The third-order valence-corrected chi connectivity index (χ3v) is 2.79. The quantitative estimate of drug-likeness (QED) is 0.726. The molecule has 1 rings (SSSR count). The Balaban J connectivity index is 2.86. The molecule has 8 heteroatoms. The Morgan fingerprint density at radius 1 is 1.40 bits per heavy atom. The number of amides is 2. The Labute approximate surface area is 118 Å². The molecule has 0 aromatic heterocycles. The number of primary amides is 1. The number of rotatable bonds is 6. The minimum atomic E-state index is -1.36. The smallest absolute Gasteiger partial charge is 0.326 e. The average molecular weight is 303 g/mol. The molecule has 0 heterocycles. The van der Waals surface area contributed by atoms with Crippen LogP contribution in [0.15, 0.2) is 18.2 Å². The normalized spacial score (nSPS) is 11.7. The molecule has 0 spiro atoms. The van der Waals surface area contributed by atoms with Gasteiger partial charge in [-0.3, -0.25) is 9.59 Å². The number of hydrogen-bond acceptors (Lipinski definition) is 3. The monoisotopic (exact) mass is 302 g/mol. The highest BCUT2D eigenvalue weighted by molar-refractivity contribution is 6.33. The van der Waals surface area contributed by atoms with E-state index < -0.39 is 35.2 Å². The third kappa shape index (κ3) is 4.20. The van der Waals surface area contributed by atoms with Crippen molar-refractivity contribution >= 4 is 29.4 Å². The summed E-state index contributed by atoms with van der Waals surface area (Å²) >= 11 is 5.69. The van der Waals surface area contributed by atoms with Gasteiger partial charge in [-0.2, -0.15) is 0 Å². The van der Waals surface area contributed by atoms with Gasteiger partial charge in [0, 0.05) is 6.42 Å². The topological polar surface area (TPSA) is 109 Å². The summed E-state index contributed by atoms with van der Waals surface area (Å²) < 4.78 is 13.5. The molecule has 0 fully saturated rings. The molecule has 6 nitrogen and oxygen atoms in total. The van der Waals surface area contributed by atoms with Gasteiger partial charge in [0.25, 0.3) is 5.91 Å². The van der Waals surface area contributed by atoms with E-state index in [1.807, 2.05) is 0 Å². The van der Waals surface area contributed by atoms with Crippen molar-refractivity contribution in [1.29, 1.82) is 0 Å². The van der Waals surface area contributed by atoms with Crippen LogP contribution in [-0.2, 0) is 9.59 Å². The first-order chi connectivity index (χ1) is 9.32. The van der Waals surface area contributed by atoms with Gasteiger partial charge in [0.2, 0.25) is 5.91 Å². The third-order valence-electron chi connectivity index (χ3n) is 2.47. The minimum absolute atomic E-state index is 0.137. The van der Waals surface area contributed by atoms with E-state index in [1.165, 1.54) is 12.1 Å². The Bertz CT molecular complexity index is 530. The summed E-state index contributed by atoms with van der Waals surface area (Å²) in [5.41, 5.74) is 4.46. The predicted octanol–water partition coefficient (Wildman–Crippen LogP) is 0.928. The maximum Gasteiger partial charge on any atom is 0.326 e. The summed E-state index contributed by atoms with van der Waals surface area (Å²) in [7, 11) is 0. The number of benzene rings is 1. The fraction of sp³-hybridized carbons (Fsp3) is 0.250. The molecule has 1 unspecified atom stereocenters. The average Bonchev–Trinajstić information content (AvgIpc) is 2.33. The minimum Gasteiger partial charge on any atom is -0.480 e. The first-order valence-electron chi connectivity index (χ1n) is 5.59. The summed E-state index contributed by atoms with van der Waals surface area (Å²) in [6, 6.07) is 2.29. The molecular formula is C12H12ClFN2O4. The zero-order valence-electron chi connectivity index (χ0n) is 10.2. The predicted molar refractivity (Wildman–Crippen MR) is 68.7 cm³/mol. The Morgan fingerprint density at radius 3 is 2.55 bits per heavy atom. The van der Waals surface area contributed by atoms with Gasteiger partial charge in [0.1, 0.15) is 11.9 Å². The lowest BCUT2D eigenvalue weighted by Gasteiger charge is -2.14. The van der Waals surface area contributed by atoms with Crippen molar-refractivity contribution in [2.24, 2.45) is 5.73 Å². The van der Waals surface area contributed by atoms with Crippen LogP contribution in [0.2, 0.25) is 5.02 Å². The summed E-state index contributed by atoms with van der Waals surface area (Å²) in [5.74, 6) is -3.89. The van der Waals surface area contributed by atoms with Crippen LogP contribution < -0.4 is 11.1 Å². The maximum absolute atomic E-state index is 13.5. The maximum atomic E-state index is 13.5. The highest BCUT2D eigenvalue weighted by atomic mass is 35.5. The standard InChI is InChI=1S/C12H12ClFN2O4/c13-6-2-1-3-7(14)10(6)11(18)16-8(12(19)20)4-5-9(15)17/h1-3,8H,4-5H2,(H2,15,17)(H,16,18)(H,19,20). The molecule has 1 atom stereocenters. The number of carboxylic acid groups (broad SMARTS) is 1. The van der Waals surface area contributed by atoms with Crippen LogP contribution in [0.3, 0.4) is 0 Å². The van der Waals surface area contributed by atoms with Crippen LogP contribution in [-0.4, -0.2) is 28.9 Å². The molecule has 2 amide bonds. The van der Waals surface area contributed by atoms with E-state index in [2.05, 4.69) is 5.32 Å². The zero-order valence-corrected chi connectivity index (χ0v) is 11.0. The van der Waals surface area contributed by atoms with E-state index in [9.17, 15) is 18.8 Å². The van der Waals surface area contributed by atoms with Crippen molar-refractivity contribution < 1.29 is 23.9 Å². The lowest BCUT2D eigenvalue weighted by atomic mass is 10.1. The number of halogens is 2. The van der Waals surface area contributed by atoms with Crippen molar-refractivity contribution in [3.05, 3.63) is 34.6 Å². The Hall–Kier alpha value is -2.15. The highest BCUT2D eigenvalue weighted by Gasteiger charge is 2.24. The van der Waals surface area contributed by atoms with Gasteiger partial charge in [-0.25, -0.2) is 9.18 Å². The summed E-state index contributed by atoms with van der Waals surface area (Å²) in [6.07, 6.45) is -0.412. The molecule has 0 saturated heterocycles. The van der Waals surface area contributed by atoms with E-state index in [0.717, 1.165) is 6.07 Å². The number of carboxylic acids is 1. The fourth-order valence-corrected chi connectivity index (χ4v) is 1.74. The number of aliphatic carboxylic acids is 1. The van der Waals surface area contributed by atoms with Gasteiger partial charge in [0.15, 0.2) is 0 Å². The second kappa shape index (κ2) is 6.85. The van der Waals surface area contributed by atoms with E-state index in [-0.39, 0.29) is 17.9 Å². The van der Waals surface area contributed by atoms with Gasteiger partial charge in [-0.05, 0) is 18.6 Å². The van der Waals surface area contributed by atoms with Crippen LogP contribution in [0.5, 0.6) is 0 Å². The Kier molecular flexibility index (Phi) is 5.45. The second-order valence-corrected chi connectivity index (χ2v) is 4.37. The van der Waals surface area contributed by atoms with Gasteiger partial charge in [0.05, 0.1) is 10.6 Å². The van der Waals surface area contributed by atoms with Crippen molar-refractivity contribution in [3.8, 4) is 0 Å². The largest absolute Gasteiger partial charge is 0.480 e. The van der Waals surface area contributed by atoms with E-state index in [4.69, 9.17) is 22.4 Å². The van der Waals surface area contributed by atoms with E-state index in [0.29, 0.717) is 0 Å². The van der Waals surface area contributed by atoms with Gasteiger partial charge < -0.3 is 16.2 Å². The molecule has 0 aliphatic heterocycles. The van der Waals surface area contributed by atoms with Crippen LogP contribution in [0.1, 0.15) is 23.2 Å². The van der Waals surface area contributed by atoms with E-state index in [1.54, 1.807) is 0 Å². The summed E-state index contributed by atoms with van der Waals surface area (Å²) in [4.78, 5) is 33.4. The Morgan fingerprint density at radius 2 is 2.05 bits per heavy atom. The molecule has 0 saturated carbocycles. The van der Waals surface area contributed by atoms with E-state index >= 15 is 0 Å². The first-order valence-corrected chi connectivity index (χ1v) is 5.96. The van der Waals surface area contributed by atoms with Gasteiger partial charge >= 0.3 is 5.97 Å². The number of nitrogens with two attached hydrogens (primary N) is 1. The van der Waals surface area contributed by atoms with Crippen molar-refractivity contribution in [2.75, 3.05) is 0 Å². The first kappa shape index (κ1) is 15.9. The lowest BCUT2D eigenvalue weighted by Crippen LogP contribution is -2.41. The zero-order chi connectivity index (χ0) is 15.3. The molecule has 1 aromatic carbocycles. The summed E-state index contributed by atoms with van der Waals surface area (Å²) in [6.45, 7) is 0. The second-order valence-electron chi connectivity index (χ2n) is 3.97. The SMILES string of the molecule is NC(=O)CCC(NC(=O)c1c(F)cccc1Cl)C(=O)O. The summed E-state index contributed by atoms with van der Waals surface area (Å²) in [5, 5.41) is 10.9. The number of carbonyl (C=O) groups excluding carboxylic acids is 2. The molecule has 0 bridgehead atoms. The van der Waals surface area contributed by atoms with Crippen LogP contribution in [0.25, 0.3) is 0 Å². The molecule has 0 aliphatic carbocycles. The van der Waals surface area contributed by atoms with Crippen molar-refractivity contribution in [1.82, 2.24) is 5.32 Å². The molecule has 4 N–H and O–H groups in total. The van der Waals surface area contributed by atoms with Crippen LogP contribution >= 0.6 is 11.6 Å². The number of hydrogen-bond donors (Lipinski definition) is 3. The number of carbonyl (C=O) groups is 3. The van der Waals surface area contributed by atoms with Crippen molar-refractivity contribution in [2.45, 2.75) is 18.9 Å². The van der Waals surface area contributed by atoms with Crippen LogP contribution in [0, 0.1) is 5.82 Å². The molecule has 0 radical (unpaired) electrons. The molecular weight excluding hydrogens is 291 g/mol. The molecule has 1 aromatic rings.